The molecule has 0 spiro atoms. The van der Waals surface area contributed by atoms with Crippen LogP contribution in [0.4, 0.5) is 13.2 Å². The highest BCUT2D eigenvalue weighted by Crippen LogP contribution is 2.29. The molecule has 1 aromatic heterocycles. The minimum absolute atomic E-state index is 0.0497. The van der Waals surface area contributed by atoms with E-state index in [2.05, 4.69) is 10.3 Å². The maximum absolute atomic E-state index is 12.5. The molecule has 0 aliphatic heterocycles. The Hall–Kier alpha value is -2.61. The van der Waals surface area contributed by atoms with Crippen molar-refractivity contribution in [1.29, 1.82) is 0 Å². The maximum atomic E-state index is 12.5. The molecule has 0 radical (unpaired) electrons. The molecular weight excluding hydrogens is 361 g/mol. The molecule has 25 heavy (non-hydrogen) atoms. The monoisotopic (exact) mass is 372 g/mol. The van der Waals surface area contributed by atoms with E-state index in [0.29, 0.717) is 5.56 Å². The molecule has 2 rings (SSSR count). The Morgan fingerprint density at radius 3 is 2.28 bits per heavy atom. The molecule has 1 heterocycles. The number of aromatic nitrogens is 1. The van der Waals surface area contributed by atoms with Gasteiger partial charge in [-0.05, 0) is 35.9 Å². The van der Waals surface area contributed by atoms with Crippen LogP contribution >= 0.6 is 11.6 Å². The molecule has 2 aromatic rings. The number of carboxylic acid groups (broad SMARTS) is 1. The SMILES string of the molecule is O=C(N[C@@H](Cc1ccc(Cl)nc1)C(=O)O)c1ccc(C(F)(F)F)cc1. The summed E-state index contributed by atoms with van der Waals surface area (Å²) in [7, 11) is 0. The lowest BCUT2D eigenvalue weighted by Crippen LogP contribution is -2.42. The van der Waals surface area contributed by atoms with Gasteiger partial charge in [0.25, 0.3) is 5.91 Å². The summed E-state index contributed by atoms with van der Waals surface area (Å²) in [4.78, 5) is 27.2. The van der Waals surface area contributed by atoms with Gasteiger partial charge in [-0.15, -0.1) is 0 Å². The normalized spacial score (nSPS) is 12.5. The van der Waals surface area contributed by atoms with Gasteiger partial charge in [0.1, 0.15) is 11.2 Å². The van der Waals surface area contributed by atoms with Crippen LogP contribution in [-0.4, -0.2) is 28.0 Å². The van der Waals surface area contributed by atoms with Crippen LogP contribution in [0, 0.1) is 0 Å². The zero-order chi connectivity index (χ0) is 18.6. The first-order valence-corrected chi connectivity index (χ1v) is 7.36. The summed E-state index contributed by atoms with van der Waals surface area (Å²) in [5, 5.41) is 11.7. The molecule has 0 saturated heterocycles. The number of benzene rings is 1. The average Bonchev–Trinajstić information content (AvgIpc) is 2.55. The van der Waals surface area contributed by atoms with Crippen molar-refractivity contribution in [2.45, 2.75) is 18.6 Å². The van der Waals surface area contributed by atoms with Gasteiger partial charge >= 0.3 is 12.1 Å². The molecule has 0 saturated carbocycles. The van der Waals surface area contributed by atoms with Crippen LogP contribution < -0.4 is 5.32 Å². The molecule has 0 aliphatic carbocycles. The van der Waals surface area contributed by atoms with Crippen molar-refractivity contribution in [2.24, 2.45) is 0 Å². The first kappa shape index (κ1) is 18.7. The first-order chi connectivity index (χ1) is 11.7. The summed E-state index contributed by atoms with van der Waals surface area (Å²) >= 11 is 5.64. The van der Waals surface area contributed by atoms with Gasteiger partial charge in [-0.25, -0.2) is 9.78 Å². The highest BCUT2D eigenvalue weighted by Gasteiger charge is 2.30. The van der Waals surface area contributed by atoms with E-state index >= 15 is 0 Å². The largest absolute Gasteiger partial charge is 0.480 e. The Morgan fingerprint density at radius 1 is 1.16 bits per heavy atom. The molecular formula is C16H12ClF3N2O3. The smallest absolute Gasteiger partial charge is 0.416 e. The fourth-order valence-electron chi connectivity index (χ4n) is 2.02. The van der Waals surface area contributed by atoms with Gasteiger partial charge in [-0.1, -0.05) is 17.7 Å². The van der Waals surface area contributed by atoms with Crippen molar-refractivity contribution >= 4 is 23.5 Å². The number of alkyl halides is 3. The van der Waals surface area contributed by atoms with E-state index in [1.54, 1.807) is 6.07 Å². The Morgan fingerprint density at radius 2 is 1.80 bits per heavy atom. The predicted molar refractivity (Wildman–Crippen MR) is 83.3 cm³/mol. The number of hydrogen-bond donors (Lipinski definition) is 2. The zero-order valence-electron chi connectivity index (χ0n) is 12.5. The minimum atomic E-state index is -4.51. The minimum Gasteiger partial charge on any atom is -0.480 e. The Labute approximate surface area is 145 Å². The van der Waals surface area contributed by atoms with Crippen molar-refractivity contribution in [3.05, 3.63) is 64.4 Å². The molecule has 1 aromatic carbocycles. The van der Waals surface area contributed by atoms with Crippen molar-refractivity contribution in [2.75, 3.05) is 0 Å². The maximum Gasteiger partial charge on any atom is 0.416 e. The zero-order valence-corrected chi connectivity index (χ0v) is 13.3. The molecule has 1 amide bonds. The van der Waals surface area contributed by atoms with Gasteiger partial charge in [0, 0.05) is 18.2 Å². The van der Waals surface area contributed by atoms with Gasteiger partial charge in [-0.3, -0.25) is 4.79 Å². The number of carboxylic acids is 1. The number of nitrogens with one attached hydrogen (secondary N) is 1. The third kappa shape index (κ3) is 5.18. The highest BCUT2D eigenvalue weighted by molar-refractivity contribution is 6.29. The van der Waals surface area contributed by atoms with Gasteiger partial charge in [0.15, 0.2) is 0 Å². The van der Waals surface area contributed by atoms with E-state index < -0.39 is 29.7 Å². The molecule has 2 N–H and O–H groups in total. The summed E-state index contributed by atoms with van der Waals surface area (Å²) in [6, 6.07) is 5.27. The first-order valence-electron chi connectivity index (χ1n) is 6.98. The van der Waals surface area contributed by atoms with E-state index in [9.17, 15) is 27.9 Å². The Kier molecular flexibility index (Phi) is 5.63. The number of rotatable bonds is 5. The van der Waals surface area contributed by atoms with E-state index in [0.717, 1.165) is 24.3 Å². The van der Waals surface area contributed by atoms with E-state index in [4.69, 9.17) is 11.6 Å². The van der Waals surface area contributed by atoms with Gasteiger partial charge < -0.3 is 10.4 Å². The number of halogens is 4. The van der Waals surface area contributed by atoms with Crippen molar-refractivity contribution < 1.29 is 27.9 Å². The molecule has 9 heteroatoms. The number of nitrogens with zero attached hydrogens (tertiary/aromatic N) is 1. The fraction of sp³-hybridized carbons (Fsp3) is 0.188. The summed E-state index contributed by atoms with van der Waals surface area (Å²) in [5.74, 6) is -2.07. The predicted octanol–water partition coefficient (Wildman–Crippen LogP) is 3.18. The second-order valence-electron chi connectivity index (χ2n) is 5.13. The van der Waals surface area contributed by atoms with Crippen molar-refractivity contribution in [3.8, 4) is 0 Å². The number of carbonyl (C=O) groups is 2. The van der Waals surface area contributed by atoms with Crippen LogP contribution in [-0.2, 0) is 17.4 Å². The summed E-state index contributed by atoms with van der Waals surface area (Å²) in [6.07, 6.45) is -3.19. The summed E-state index contributed by atoms with van der Waals surface area (Å²) in [6.45, 7) is 0. The topological polar surface area (TPSA) is 79.3 Å². The number of hydrogen-bond acceptors (Lipinski definition) is 3. The number of amides is 1. The lowest BCUT2D eigenvalue weighted by Gasteiger charge is -2.15. The van der Waals surface area contributed by atoms with Gasteiger partial charge in [0.2, 0.25) is 0 Å². The van der Waals surface area contributed by atoms with E-state index in [-0.39, 0.29) is 17.1 Å². The van der Waals surface area contributed by atoms with Crippen LogP contribution in [0.5, 0.6) is 0 Å². The molecule has 1 atom stereocenters. The molecule has 0 unspecified atom stereocenters. The number of aliphatic carboxylic acids is 1. The van der Waals surface area contributed by atoms with Gasteiger partial charge in [-0.2, -0.15) is 13.2 Å². The van der Waals surface area contributed by atoms with Crippen molar-refractivity contribution in [1.82, 2.24) is 10.3 Å². The number of pyridine rings is 1. The quantitative estimate of drug-likeness (QED) is 0.790. The fourth-order valence-corrected chi connectivity index (χ4v) is 2.13. The third-order valence-corrected chi connectivity index (χ3v) is 3.53. The summed E-state index contributed by atoms with van der Waals surface area (Å²) < 4.78 is 37.5. The number of carbonyl (C=O) groups excluding carboxylic acids is 1. The molecule has 0 aliphatic rings. The second kappa shape index (κ2) is 7.52. The second-order valence-corrected chi connectivity index (χ2v) is 5.52. The van der Waals surface area contributed by atoms with Crippen LogP contribution in [0.25, 0.3) is 0 Å². The van der Waals surface area contributed by atoms with Crippen LogP contribution in [0.1, 0.15) is 21.5 Å². The molecule has 132 valence electrons. The Balaban J connectivity index is 2.09. The van der Waals surface area contributed by atoms with Crippen LogP contribution in [0.15, 0.2) is 42.6 Å². The van der Waals surface area contributed by atoms with E-state index in [1.807, 2.05) is 0 Å². The lowest BCUT2D eigenvalue weighted by atomic mass is 10.1. The van der Waals surface area contributed by atoms with Crippen LogP contribution in [0.2, 0.25) is 5.15 Å². The highest BCUT2D eigenvalue weighted by atomic mass is 35.5. The standard InChI is InChI=1S/C16H12ClF3N2O3/c17-13-6-1-9(8-21-13)7-12(15(24)25)22-14(23)10-2-4-11(5-3-10)16(18,19)20/h1-6,8,12H,7H2,(H,22,23)(H,24,25)/t12-/m0/s1. The van der Waals surface area contributed by atoms with E-state index in [1.165, 1.54) is 12.3 Å². The summed E-state index contributed by atoms with van der Waals surface area (Å²) in [5.41, 5.74) is -0.441. The lowest BCUT2D eigenvalue weighted by molar-refractivity contribution is -0.139. The third-order valence-electron chi connectivity index (χ3n) is 3.31. The van der Waals surface area contributed by atoms with Gasteiger partial charge in [0.05, 0.1) is 5.56 Å². The van der Waals surface area contributed by atoms with Crippen molar-refractivity contribution in [3.63, 3.8) is 0 Å². The molecule has 0 bridgehead atoms. The average molecular weight is 373 g/mol. The van der Waals surface area contributed by atoms with Crippen LogP contribution in [0.3, 0.4) is 0 Å². The molecule has 5 nitrogen and oxygen atoms in total. The Bertz CT molecular complexity index is 762. The molecule has 0 fully saturated rings.